The third kappa shape index (κ3) is 5.84. The maximum absolute atomic E-state index is 11.8. The summed E-state index contributed by atoms with van der Waals surface area (Å²) in [7, 11) is 0.761. The quantitative estimate of drug-likeness (QED) is 0.651. The molecule has 0 aromatic heterocycles. The molecule has 0 aromatic carbocycles. The van der Waals surface area contributed by atoms with E-state index in [-0.39, 0.29) is 6.42 Å². The predicted octanol–water partition coefficient (Wildman–Crippen LogP) is 1.94. The zero-order chi connectivity index (χ0) is 10.5. The highest BCUT2D eigenvalue weighted by molar-refractivity contribution is 6.53. The SMILES string of the molecule is C=C(CCC(F)(F)F)[SiH](OC)OC. The molecule has 0 fully saturated rings. The van der Waals surface area contributed by atoms with Crippen molar-refractivity contribution in [3.8, 4) is 0 Å². The maximum Gasteiger partial charge on any atom is 0.389 e. The monoisotopic (exact) mass is 214 g/mol. The second-order valence-electron chi connectivity index (χ2n) is 2.58. The zero-order valence-corrected chi connectivity index (χ0v) is 8.80. The third-order valence-corrected chi connectivity index (χ3v) is 3.30. The summed E-state index contributed by atoms with van der Waals surface area (Å²) in [6, 6.07) is 0. The molecule has 0 aromatic rings. The van der Waals surface area contributed by atoms with Crippen molar-refractivity contribution in [3.05, 3.63) is 11.8 Å². The lowest BCUT2D eigenvalue weighted by molar-refractivity contribution is -0.133. The van der Waals surface area contributed by atoms with Gasteiger partial charge < -0.3 is 8.85 Å². The normalized spacial score (nSPS) is 12.2. The molecule has 0 unspecified atom stereocenters. The fourth-order valence-corrected chi connectivity index (χ4v) is 2.09. The minimum absolute atomic E-state index is 0.109. The van der Waals surface area contributed by atoms with Crippen molar-refractivity contribution in [3.63, 3.8) is 0 Å². The summed E-state index contributed by atoms with van der Waals surface area (Å²) in [6.45, 7) is 3.51. The Bertz CT molecular complexity index is 166. The first-order valence-corrected chi connectivity index (χ1v) is 5.22. The standard InChI is InChI=1S/C7H13F3O2Si/c1-6(13(11-2)12-3)4-5-7(8,9)10/h13H,1,4-5H2,2-3H3. The molecule has 13 heavy (non-hydrogen) atoms. The van der Waals surface area contributed by atoms with E-state index in [1.54, 1.807) is 0 Å². The summed E-state index contributed by atoms with van der Waals surface area (Å²) >= 11 is 0. The molecule has 0 spiro atoms. The first-order valence-electron chi connectivity index (χ1n) is 3.70. The molecule has 0 aliphatic rings. The molecule has 2 nitrogen and oxygen atoms in total. The first-order chi connectivity index (χ1) is 5.90. The fraction of sp³-hybridized carbons (Fsp3) is 0.714. The molecule has 0 rings (SSSR count). The highest BCUT2D eigenvalue weighted by Crippen LogP contribution is 2.24. The lowest BCUT2D eigenvalue weighted by atomic mass is 10.3. The van der Waals surface area contributed by atoms with Crippen LogP contribution in [0.4, 0.5) is 13.2 Å². The zero-order valence-electron chi connectivity index (χ0n) is 7.65. The average Bonchev–Trinajstić information content (AvgIpc) is 2.02. The van der Waals surface area contributed by atoms with E-state index in [1.165, 1.54) is 14.2 Å². The Morgan fingerprint density at radius 3 is 2.08 bits per heavy atom. The number of hydrogen-bond acceptors (Lipinski definition) is 2. The Labute approximate surface area is 77.2 Å². The van der Waals surface area contributed by atoms with Crippen LogP contribution in [0, 0.1) is 0 Å². The minimum Gasteiger partial charge on any atom is -0.397 e. The van der Waals surface area contributed by atoms with Gasteiger partial charge in [-0.1, -0.05) is 6.58 Å². The molecule has 0 saturated heterocycles. The number of allylic oxidation sites excluding steroid dienone is 1. The smallest absolute Gasteiger partial charge is 0.389 e. The molecular weight excluding hydrogens is 201 g/mol. The van der Waals surface area contributed by atoms with Gasteiger partial charge in [-0.05, 0) is 11.6 Å². The van der Waals surface area contributed by atoms with Gasteiger partial charge in [-0.3, -0.25) is 0 Å². The van der Waals surface area contributed by atoms with E-state index in [0.717, 1.165) is 0 Å². The van der Waals surface area contributed by atoms with Crippen LogP contribution in [0.2, 0.25) is 0 Å². The number of rotatable bonds is 5. The van der Waals surface area contributed by atoms with E-state index in [0.29, 0.717) is 5.20 Å². The lowest BCUT2D eigenvalue weighted by Crippen LogP contribution is -2.23. The maximum atomic E-state index is 11.8. The number of alkyl halides is 3. The first kappa shape index (κ1) is 12.7. The van der Waals surface area contributed by atoms with Crippen molar-refractivity contribution in [1.82, 2.24) is 0 Å². The second kappa shape index (κ2) is 5.41. The van der Waals surface area contributed by atoms with Gasteiger partial charge in [0.15, 0.2) is 0 Å². The minimum atomic E-state index is -4.14. The summed E-state index contributed by atoms with van der Waals surface area (Å²) in [4.78, 5) is 0. The molecular formula is C7H13F3O2Si. The van der Waals surface area contributed by atoms with Gasteiger partial charge in [-0.2, -0.15) is 13.2 Å². The van der Waals surface area contributed by atoms with E-state index in [2.05, 4.69) is 6.58 Å². The van der Waals surface area contributed by atoms with Crippen molar-refractivity contribution in [2.24, 2.45) is 0 Å². The number of hydrogen-bond donors (Lipinski definition) is 0. The van der Waals surface area contributed by atoms with E-state index in [9.17, 15) is 13.2 Å². The van der Waals surface area contributed by atoms with Gasteiger partial charge in [0.2, 0.25) is 0 Å². The van der Waals surface area contributed by atoms with Crippen LogP contribution in [0.5, 0.6) is 0 Å². The molecule has 78 valence electrons. The summed E-state index contributed by atoms with van der Waals surface area (Å²) < 4.78 is 45.1. The van der Waals surface area contributed by atoms with Gasteiger partial charge >= 0.3 is 15.5 Å². The molecule has 0 aliphatic heterocycles. The highest BCUT2D eigenvalue weighted by Gasteiger charge is 2.28. The molecule has 0 aliphatic carbocycles. The Balaban J connectivity index is 3.86. The molecule has 0 bridgehead atoms. The molecule has 0 saturated carbocycles. The Kier molecular flexibility index (Phi) is 5.27. The summed E-state index contributed by atoms with van der Waals surface area (Å²) in [5.74, 6) is 0. The van der Waals surface area contributed by atoms with Crippen molar-refractivity contribution in [2.45, 2.75) is 19.0 Å². The van der Waals surface area contributed by atoms with E-state index in [1.807, 2.05) is 0 Å². The van der Waals surface area contributed by atoms with Gasteiger partial charge in [-0.25, -0.2) is 0 Å². The van der Waals surface area contributed by atoms with E-state index < -0.39 is 21.9 Å². The molecule has 0 radical (unpaired) electrons. The van der Waals surface area contributed by atoms with Crippen molar-refractivity contribution in [2.75, 3.05) is 14.2 Å². The fourth-order valence-electron chi connectivity index (χ4n) is 0.850. The van der Waals surface area contributed by atoms with Gasteiger partial charge in [0, 0.05) is 20.6 Å². The van der Waals surface area contributed by atoms with E-state index in [4.69, 9.17) is 8.85 Å². The van der Waals surface area contributed by atoms with Crippen LogP contribution in [0.15, 0.2) is 11.8 Å². The Morgan fingerprint density at radius 2 is 1.77 bits per heavy atom. The van der Waals surface area contributed by atoms with Crippen LogP contribution in [0.1, 0.15) is 12.8 Å². The third-order valence-electron chi connectivity index (χ3n) is 1.49. The summed E-state index contributed by atoms with van der Waals surface area (Å²) in [5, 5.41) is 0.433. The Hall–Kier alpha value is -0.333. The van der Waals surface area contributed by atoms with Crippen LogP contribution in [-0.2, 0) is 8.85 Å². The van der Waals surface area contributed by atoms with Gasteiger partial charge in [-0.15, -0.1) is 0 Å². The number of halogens is 3. The van der Waals surface area contributed by atoms with Gasteiger partial charge in [0.05, 0.1) is 0 Å². The lowest BCUT2D eigenvalue weighted by Gasteiger charge is -2.14. The second-order valence-corrected chi connectivity index (χ2v) is 5.00. The molecule has 0 N–H and O–H groups in total. The van der Waals surface area contributed by atoms with Crippen LogP contribution in [-0.4, -0.2) is 29.7 Å². The van der Waals surface area contributed by atoms with Gasteiger partial charge in [0.1, 0.15) is 0 Å². The van der Waals surface area contributed by atoms with Crippen LogP contribution < -0.4 is 0 Å². The predicted molar refractivity (Wildman–Crippen MR) is 45.6 cm³/mol. The molecule has 6 heteroatoms. The van der Waals surface area contributed by atoms with Crippen LogP contribution in [0.3, 0.4) is 0 Å². The average molecular weight is 214 g/mol. The highest BCUT2D eigenvalue weighted by atomic mass is 28.3. The Morgan fingerprint density at radius 1 is 1.31 bits per heavy atom. The van der Waals surface area contributed by atoms with E-state index >= 15 is 0 Å². The largest absolute Gasteiger partial charge is 0.397 e. The molecule has 0 heterocycles. The van der Waals surface area contributed by atoms with Crippen molar-refractivity contribution in [1.29, 1.82) is 0 Å². The molecule has 0 atom stereocenters. The van der Waals surface area contributed by atoms with Crippen molar-refractivity contribution < 1.29 is 22.0 Å². The summed E-state index contributed by atoms with van der Waals surface area (Å²) in [5.41, 5.74) is 0. The van der Waals surface area contributed by atoms with Gasteiger partial charge in [0.25, 0.3) is 0 Å². The topological polar surface area (TPSA) is 18.5 Å². The summed E-state index contributed by atoms with van der Waals surface area (Å²) in [6.07, 6.45) is -5.10. The van der Waals surface area contributed by atoms with Crippen molar-refractivity contribution >= 4 is 9.28 Å². The van der Waals surface area contributed by atoms with Crippen LogP contribution in [0.25, 0.3) is 0 Å². The van der Waals surface area contributed by atoms with Crippen LogP contribution >= 0.6 is 0 Å². The molecule has 0 amide bonds.